The highest BCUT2D eigenvalue weighted by Crippen LogP contribution is 2.30. The Hall–Kier alpha value is -2.62. The molecule has 0 spiro atoms. The Bertz CT molecular complexity index is 813. The first-order chi connectivity index (χ1) is 11.7. The lowest BCUT2D eigenvalue weighted by atomic mass is 9.87. The van der Waals surface area contributed by atoms with Crippen LogP contribution in [0.1, 0.15) is 52.4 Å². The van der Waals surface area contributed by atoms with Crippen LogP contribution in [0.15, 0.2) is 42.5 Å². The van der Waals surface area contributed by atoms with Gasteiger partial charge >= 0.3 is 0 Å². The Morgan fingerprint density at radius 2 is 1.92 bits per heavy atom. The van der Waals surface area contributed by atoms with Gasteiger partial charge in [0.15, 0.2) is 0 Å². The Kier molecular flexibility index (Phi) is 3.81. The van der Waals surface area contributed by atoms with Gasteiger partial charge in [-0.05, 0) is 60.6 Å². The van der Waals surface area contributed by atoms with Crippen molar-refractivity contribution in [3.63, 3.8) is 0 Å². The summed E-state index contributed by atoms with van der Waals surface area (Å²) < 4.78 is 0. The van der Waals surface area contributed by atoms with Crippen molar-refractivity contribution in [2.75, 3.05) is 5.32 Å². The van der Waals surface area contributed by atoms with Crippen molar-refractivity contribution in [3.8, 4) is 0 Å². The Labute approximate surface area is 141 Å². The lowest BCUT2D eigenvalue weighted by Crippen LogP contribution is -2.31. The lowest BCUT2D eigenvalue weighted by molar-refractivity contribution is -0.116. The third-order valence-electron chi connectivity index (χ3n) is 4.94. The number of amides is 2. The van der Waals surface area contributed by atoms with Crippen LogP contribution in [0, 0.1) is 0 Å². The number of nitrogens with one attached hydrogen (secondary N) is 2. The van der Waals surface area contributed by atoms with Gasteiger partial charge in [-0.15, -0.1) is 0 Å². The summed E-state index contributed by atoms with van der Waals surface area (Å²) in [5.41, 5.74) is 5.09. The van der Waals surface area contributed by atoms with Crippen LogP contribution in [-0.2, 0) is 17.6 Å². The minimum absolute atomic E-state index is 0.0403. The molecule has 1 atom stereocenters. The summed E-state index contributed by atoms with van der Waals surface area (Å²) in [6.45, 7) is 0. The van der Waals surface area contributed by atoms with E-state index in [0.29, 0.717) is 18.4 Å². The molecule has 1 heterocycles. The summed E-state index contributed by atoms with van der Waals surface area (Å²) in [7, 11) is 0. The normalized spacial score (nSPS) is 19.0. The molecule has 122 valence electrons. The Balaban J connectivity index is 1.54. The van der Waals surface area contributed by atoms with E-state index in [1.165, 1.54) is 11.1 Å². The molecule has 0 saturated heterocycles. The van der Waals surface area contributed by atoms with Crippen LogP contribution in [0.2, 0.25) is 0 Å². The molecule has 24 heavy (non-hydrogen) atoms. The average molecular weight is 320 g/mol. The standard InChI is InChI=1S/C20H20N2O2/c23-19-11-9-14-12-15(8-10-17(14)21-19)20(24)22-18-7-3-5-13-4-1-2-6-16(13)18/h1-2,4,6,8,10,12,18H,3,5,7,9,11H2,(H,21,23)(H,22,24). The van der Waals surface area contributed by atoms with Crippen molar-refractivity contribution in [2.45, 2.75) is 38.1 Å². The molecule has 2 aliphatic rings. The smallest absolute Gasteiger partial charge is 0.251 e. The van der Waals surface area contributed by atoms with Crippen molar-refractivity contribution in [2.24, 2.45) is 0 Å². The number of anilines is 1. The fourth-order valence-corrected chi connectivity index (χ4v) is 3.67. The summed E-state index contributed by atoms with van der Waals surface area (Å²) in [5, 5.41) is 6.03. The zero-order valence-electron chi connectivity index (χ0n) is 13.5. The number of aryl methyl sites for hydroxylation is 2. The molecule has 1 unspecified atom stereocenters. The van der Waals surface area contributed by atoms with Gasteiger partial charge in [-0.1, -0.05) is 24.3 Å². The summed E-state index contributed by atoms with van der Waals surface area (Å²) in [4.78, 5) is 24.1. The van der Waals surface area contributed by atoms with Gasteiger partial charge in [0.1, 0.15) is 0 Å². The number of carbonyl (C=O) groups is 2. The number of carbonyl (C=O) groups excluding carboxylic acids is 2. The Morgan fingerprint density at radius 3 is 2.83 bits per heavy atom. The maximum Gasteiger partial charge on any atom is 0.251 e. The van der Waals surface area contributed by atoms with Crippen molar-refractivity contribution < 1.29 is 9.59 Å². The van der Waals surface area contributed by atoms with E-state index < -0.39 is 0 Å². The number of hydrogen-bond acceptors (Lipinski definition) is 2. The fraction of sp³-hybridized carbons (Fsp3) is 0.300. The molecule has 1 aliphatic heterocycles. The molecule has 0 bridgehead atoms. The van der Waals surface area contributed by atoms with Crippen molar-refractivity contribution in [1.82, 2.24) is 5.32 Å². The second-order valence-corrected chi connectivity index (χ2v) is 6.54. The SMILES string of the molecule is O=C1CCc2cc(C(=O)NC3CCCc4ccccc43)ccc2N1. The minimum Gasteiger partial charge on any atom is -0.345 e. The molecule has 1 aliphatic carbocycles. The van der Waals surface area contributed by atoms with Gasteiger partial charge in [0.25, 0.3) is 5.91 Å². The van der Waals surface area contributed by atoms with Crippen LogP contribution in [0.3, 0.4) is 0 Å². The fourth-order valence-electron chi connectivity index (χ4n) is 3.67. The molecule has 4 rings (SSSR count). The van der Waals surface area contributed by atoms with Crippen LogP contribution in [0.25, 0.3) is 0 Å². The van der Waals surface area contributed by atoms with E-state index in [9.17, 15) is 9.59 Å². The van der Waals surface area contributed by atoms with Gasteiger partial charge in [-0.25, -0.2) is 0 Å². The van der Waals surface area contributed by atoms with Gasteiger partial charge < -0.3 is 10.6 Å². The molecule has 4 heteroatoms. The van der Waals surface area contributed by atoms with Gasteiger partial charge in [0.05, 0.1) is 6.04 Å². The van der Waals surface area contributed by atoms with Gasteiger partial charge in [0.2, 0.25) is 5.91 Å². The van der Waals surface area contributed by atoms with Crippen LogP contribution in [0.5, 0.6) is 0 Å². The van der Waals surface area contributed by atoms with E-state index in [1.54, 1.807) is 6.07 Å². The van der Waals surface area contributed by atoms with E-state index in [0.717, 1.165) is 30.5 Å². The van der Waals surface area contributed by atoms with Crippen LogP contribution in [0.4, 0.5) is 5.69 Å². The Morgan fingerprint density at radius 1 is 1.04 bits per heavy atom. The van der Waals surface area contributed by atoms with E-state index in [1.807, 2.05) is 18.2 Å². The molecule has 2 aromatic carbocycles. The van der Waals surface area contributed by atoms with Crippen molar-refractivity contribution in [1.29, 1.82) is 0 Å². The van der Waals surface area contributed by atoms with Crippen molar-refractivity contribution in [3.05, 3.63) is 64.7 Å². The van der Waals surface area contributed by atoms with Crippen LogP contribution < -0.4 is 10.6 Å². The summed E-state index contributed by atoms with van der Waals surface area (Å²) in [5.74, 6) is -0.00471. The molecule has 2 amide bonds. The molecule has 2 N–H and O–H groups in total. The second kappa shape index (κ2) is 6.11. The zero-order chi connectivity index (χ0) is 16.5. The predicted octanol–water partition coefficient (Wildman–Crippen LogP) is 3.38. The topological polar surface area (TPSA) is 58.2 Å². The van der Waals surface area contributed by atoms with Crippen molar-refractivity contribution >= 4 is 17.5 Å². The average Bonchev–Trinajstić information content (AvgIpc) is 2.61. The van der Waals surface area contributed by atoms with Crippen LogP contribution >= 0.6 is 0 Å². The highest BCUT2D eigenvalue weighted by atomic mass is 16.2. The zero-order valence-corrected chi connectivity index (χ0v) is 13.5. The molecule has 4 nitrogen and oxygen atoms in total. The molecule has 0 radical (unpaired) electrons. The molecule has 0 saturated carbocycles. The number of fused-ring (bicyclic) bond motifs is 2. The maximum atomic E-state index is 12.7. The van der Waals surface area contributed by atoms with Gasteiger partial charge in [-0.3, -0.25) is 9.59 Å². The van der Waals surface area contributed by atoms with Gasteiger partial charge in [-0.2, -0.15) is 0 Å². The highest BCUT2D eigenvalue weighted by molar-refractivity contribution is 5.98. The molecule has 0 fully saturated rings. The number of benzene rings is 2. The number of hydrogen-bond donors (Lipinski definition) is 2. The van der Waals surface area contributed by atoms with E-state index in [-0.39, 0.29) is 17.9 Å². The monoisotopic (exact) mass is 320 g/mol. The van der Waals surface area contributed by atoms with Gasteiger partial charge in [0, 0.05) is 17.7 Å². The summed E-state index contributed by atoms with van der Waals surface area (Å²) in [6, 6.07) is 13.9. The molecular weight excluding hydrogens is 300 g/mol. The lowest BCUT2D eigenvalue weighted by Gasteiger charge is -2.26. The van der Waals surface area contributed by atoms with Crippen LogP contribution in [-0.4, -0.2) is 11.8 Å². The third kappa shape index (κ3) is 2.80. The minimum atomic E-state index is -0.0450. The molecule has 2 aromatic rings. The largest absolute Gasteiger partial charge is 0.345 e. The first kappa shape index (κ1) is 14.9. The summed E-state index contributed by atoms with van der Waals surface area (Å²) >= 11 is 0. The third-order valence-corrected chi connectivity index (χ3v) is 4.94. The molecular formula is C20H20N2O2. The van der Waals surface area contributed by atoms with E-state index in [4.69, 9.17) is 0 Å². The quantitative estimate of drug-likeness (QED) is 0.891. The van der Waals surface area contributed by atoms with E-state index in [2.05, 4.69) is 28.8 Å². The second-order valence-electron chi connectivity index (χ2n) is 6.54. The first-order valence-electron chi connectivity index (χ1n) is 8.52. The maximum absolute atomic E-state index is 12.7. The summed E-state index contributed by atoms with van der Waals surface area (Å²) in [6.07, 6.45) is 4.33. The highest BCUT2D eigenvalue weighted by Gasteiger charge is 2.23. The predicted molar refractivity (Wildman–Crippen MR) is 93.0 cm³/mol. The molecule has 0 aromatic heterocycles. The number of rotatable bonds is 2. The first-order valence-corrected chi connectivity index (χ1v) is 8.52. The van der Waals surface area contributed by atoms with E-state index >= 15 is 0 Å².